The molecule has 1 aromatic carbocycles. The van der Waals surface area contributed by atoms with Crippen molar-refractivity contribution in [3.63, 3.8) is 0 Å². The van der Waals surface area contributed by atoms with E-state index in [1.54, 1.807) is 11.3 Å². The van der Waals surface area contributed by atoms with Crippen LogP contribution < -0.4 is 10.6 Å². The Balaban J connectivity index is 0.00000272. The number of para-hydroxylation sites is 1. The van der Waals surface area contributed by atoms with Gasteiger partial charge in [0.25, 0.3) is 0 Å². The van der Waals surface area contributed by atoms with E-state index in [1.165, 1.54) is 27.0 Å². The number of hydrogen-bond donors (Lipinski definition) is 3. The number of guanidine groups is 1. The Bertz CT molecular complexity index is 1140. The van der Waals surface area contributed by atoms with E-state index in [0.29, 0.717) is 6.54 Å². The summed E-state index contributed by atoms with van der Waals surface area (Å²) in [5.41, 5.74) is 3.75. The highest BCUT2D eigenvalue weighted by atomic mass is 127. The first-order valence-corrected chi connectivity index (χ1v) is 11.0. The smallest absolute Gasteiger partial charge is 0.192 e. The summed E-state index contributed by atoms with van der Waals surface area (Å²) in [6, 6.07) is 12.6. The molecular weight excluding hydrogens is 521 g/mol. The molecule has 3 heterocycles. The van der Waals surface area contributed by atoms with Crippen molar-refractivity contribution in [3.05, 3.63) is 69.6 Å². The van der Waals surface area contributed by atoms with Crippen LogP contribution in [0.15, 0.2) is 46.8 Å². The predicted octanol–water partition coefficient (Wildman–Crippen LogP) is 4.07. The Labute approximate surface area is 203 Å². The molecular formula is C22H28IN7S. The highest BCUT2D eigenvalue weighted by Crippen LogP contribution is 2.21. The summed E-state index contributed by atoms with van der Waals surface area (Å²) in [5, 5.41) is 18.6. The molecule has 0 aliphatic rings. The van der Waals surface area contributed by atoms with Crippen molar-refractivity contribution < 1.29 is 0 Å². The lowest BCUT2D eigenvalue weighted by Crippen LogP contribution is -2.38. The topological polar surface area (TPSA) is 82.9 Å². The number of thiophene rings is 1. The lowest BCUT2D eigenvalue weighted by Gasteiger charge is -2.12. The molecule has 3 aromatic heterocycles. The van der Waals surface area contributed by atoms with Gasteiger partial charge < -0.3 is 20.2 Å². The van der Waals surface area contributed by atoms with Crippen LogP contribution in [-0.4, -0.2) is 32.3 Å². The number of hydrogen-bond acceptors (Lipinski definition) is 4. The number of aromatic amines is 1. The lowest BCUT2D eigenvalue weighted by molar-refractivity contribution is 0.749. The molecule has 164 valence electrons. The fourth-order valence-corrected chi connectivity index (χ4v) is 4.10. The van der Waals surface area contributed by atoms with Crippen molar-refractivity contribution >= 4 is 52.2 Å². The van der Waals surface area contributed by atoms with Crippen LogP contribution in [0.3, 0.4) is 0 Å². The number of H-pyrrole nitrogens is 1. The minimum atomic E-state index is 0. The van der Waals surface area contributed by atoms with E-state index in [1.807, 2.05) is 18.5 Å². The molecule has 0 amide bonds. The van der Waals surface area contributed by atoms with Gasteiger partial charge >= 0.3 is 0 Å². The molecule has 0 radical (unpaired) electrons. The van der Waals surface area contributed by atoms with E-state index in [-0.39, 0.29) is 24.0 Å². The summed E-state index contributed by atoms with van der Waals surface area (Å²) in [6.45, 7) is 6.08. The highest BCUT2D eigenvalue weighted by molar-refractivity contribution is 14.0. The number of fused-ring (bicyclic) bond motifs is 1. The van der Waals surface area contributed by atoms with Crippen LogP contribution in [-0.2, 0) is 26.6 Å². The molecule has 4 rings (SSSR count). The number of rotatable bonds is 7. The summed E-state index contributed by atoms with van der Waals surface area (Å²) >= 11 is 1.73. The quantitative estimate of drug-likeness (QED) is 0.185. The maximum Gasteiger partial charge on any atom is 0.192 e. The third-order valence-electron chi connectivity index (χ3n) is 5.27. The molecule has 0 aliphatic carbocycles. The van der Waals surface area contributed by atoms with Crippen LogP contribution in [0.25, 0.3) is 10.9 Å². The van der Waals surface area contributed by atoms with Gasteiger partial charge in [-0.3, -0.25) is 0 Å². The summed E-state index contributed by atoms with van der Waals surface area (Å²) in [6.07, 6.45) is 0.915. The molecule has 0 spiro atoms. The van der Waals surface area contributed by atoms with Crippen molar-refractivity contribution in [2.75, 3.05) is 6.54 Å². The van der Waals surface area contributed by atoms with Crippen LogP contribution in [0.1, 0.15) is 27.8 Å². The van der Waals surface area contributed by atoms with Gasteiger partial charge in [-0.2, -0.15) is 0 Å². The Morgan fingerprint density at radius 2 is 1.97 bits per heavy atom. The van der Waals surface area contributed by atoms with E-state index >= 15 is 0 Å². The number of nitrogens with zero attached hydrogens (tertiary/aromatic N) is 4. The Morgan fingerprint density at radius 1 is 1.13 bits per heavy atom. The molecule has 0 saturated heterocycles. The first kappa shape index (κ1) is 23.3. The maximum absolute atomic E-state index is 4.74. The molecule has 0 bridgehead atoms. The van der Waals surface area contributed by atoms with Gasteiger partial charge in [0.2, 0.25) is 0 Å². The molecule has 0 unspecified atom stereocenters. The van der Waals surface area contributed by atoms with E-state index in [4.69, 9.17) is 4.99 Å². The van der Waals surface area contributed by atoms with Gasteiger partial charge in [-0.25, -0.2) is 4.99 Å². The largest absolute Gasteiger partial charge is 0.358 e. The average molecular weight is 549 g/mol. The SMILES string of the molecule is Cc1[nH]c2ccccc2c1CCNC(=NCc1nnc(C)n1C)NCc1cccs1.I. The van der Waals surface area contributed by atoms with Crippen molar-refractivity contribution in [2.24, 2.45) is 12.0 Å². The molecule has 0 fully saturated rings. The first-order chi connectivity index (χ1) is 14.6. The van der Waals surface area contributed by atoms with Crippen molar-refractivity contribution in [3.8, 4) is 0 Å². The molecule has 0 saturated carbocycles. The van der Waals surface area contributed by atoms with Gasteiger partial charge in [0, 0.05) is 35.1 Å². The van der Waals surface area contributed by atoms with Gasteiger partial charge in [0.1, 0.15) is 12.4 Å². The van der Waals surface area contributed by atoms with Gasteiger partial charge in [-0.15, -0.1) is 45.5 Å². The molecule has 9 heteroatoms. The Hall–Kier alpha value is -2.40. The van der Waals surface area contributed by atoms with E-state index < -0.39 is 0 Å². The zero-order chi connectivity index (χ0) is 20.9. The molecule has 0 aliphatic heterocycles. The predicted molar refractivity (Wildman–Crippen MR) is 138 cm³/mol. The fraction of sp³-hybridized carbons (Fsp3) is 0.318. The third-order valence-corrected chi connectivity index (χ3v) is 6.14. The number of halogens is 1. The minimum Gasteiger partial charge on any atom is -0.358 e. The van der Waals surface area contributed by atoms with Crippen LogP contribution >= 0.6 is 35.3 Å². The van der Waals surface area contributed by atoms with E-state index in [0.717, 1.165) is 37.1 Å². The summed E-state index contributed by atoms with van der Waals surface area (Å²) < 4.78 is 1.97. The zero-order valence-electron chi connectivity index (χ0n) is 18.0. The van der Waals surface area contributed by atoms with E-state index in [9.17, 15) is 0 Å². The monoisotopic (exact) mass is 549 g/mol. The third kappa shape index (κ3) is 5.65. The Morgan fingerprint density at radius 3 is 2.71 bits per heavy atom. The summed E-state index contributed by atoms with van der Waals surface area (Å²) in [7, 11) is 1.96. The first-order valence-electron chi connectivity index (χ1n) is 10.1. The van der Waals surface area contributed by atoms with Crippen molar-refractivity contribution in [2.45, 2.75) is 33.4 Å². The summed E-state index contributed by atoms with van der Waals surface area (Å²) in [4.78, 5) is 9.48. The maximum atomic E-state index is 4.74. The number of aromatic nitrogens is 4. The van der Waals surface area contributed by atoms with Crippen LogP contribution in [0, 0.1) is 13.8 Å². The second-order valence-electron chi connectivity index (χ2n) is 7.27. The molecule has 3 N–H and O–H groups in total. The standard InChI is InChI=1S/C22H27N7S.HI/c1-15-18(19-8-4-5-9-20(19)26-15)10-11-23-22(24-13-17-7-6-12-30-17)25-14-21-28-27-16(2)29(21)3;/h4-9,12,26H,10-11,13-14H2,1-3H3,(H2,23,24,25);1H. The van der Waals surface area contributed by atoms with Gasteiger partial charge in [-0.1, -0.05) is 24.3 Å². The van der Waals surface area contributed by atoms with Gasteiger partial charge in [0.05, 0.1) is 6.54 Å². The van der Waals surface area contributed by atoms with Crippen molar-refractivity contribution in [1.82, 2.24) is 30.4 Å². The zero-order valence-corrected chi connectivity index (χ0v) is 21.1. The van der Waals surface area contributed by atoms with Crippen LogP contribution in [0.2, 0.25) is 0 Å². The van der Waals surface area contributed by atoms with E-state index in [2.05, 4.69) is 74.5 Å². The minimum absolute atomic E-state index is 0. The molecule has 4 aromatic rings. The number of aliphatic imine (C=N–C) groups is 1. The molecule has 31 heavy (non-hydrogen) atoms. The second-order valence-corrected chi connectivity index (χ2v) is 8.30. The number of aryl methyl sites for hydroxylation is 2. The fourth-order valence-electron chi connectivity index (χ4n) is 3.46. The second kappa shape index (κ2) is 10.8. The summed E-state index contributed by atoms with van der Waals surface area (Å²) in [5.74, 6) is 2.51. The van der Waals surface area contributed by atoms with Crippen LogP contribution in [0.5, 0.6) is 0 Å². The average Bonchev–Trinajstić information content (AvgIpc) is 3.45. The molecule has 0 atom stereocenters. The normalized spacial score (nSPS) is 11.5. The molecule has 7 nitrogen and oxygen atoms in total. The van der Waals surface area contributed by atoms with Gasteiger partial charge in [0.15, 0.2) is 11.8 Å². The van der Waals surface area contributed by atoms with Crippen molar-refractivity contribution in [1.29, 1.82) is 0 Å². The highest BCUT2D eigenvalue weighted by Gasteiger charge is 2.09. The van der Waals surface area contributed by atoms with Crippen LogP contribution in [0.4, 0.5) is 0 Å². The Kier molecular flexibility index (Phi) is 8.08. The van der Waals surface area contributed by atoms with Gasteiger partial charge in [-0.05, 0) is 43.3 Å². The number of nitrogens with one attached hydrogen (secondary N) is 3. The number of benzene rings is 1. The lowest BCUT2D eigenvalue weighted by atomic mass is 10.1.